The summed E-state index contributed by atoms with van der Waals surface area (Å²) in [6.45, 7) is 1.24. The highest BCUT2D eigenvalue weighted by Gasteiger charge is 2.34. The summed E-state index contributed by atoms with van der Waals surface area (Å²) >= 11 is 0. The molecule has 0 saturated heterocycles. The van der Waals surface area contributed by atoms with Crippen molar-refractivity contribution in [2.75, 3.05) is 25.5 Å². The van der Waals surface area contributed by atoms with Gasteiger partial charge in [0.1, 0.15) is 16.4 Å². The van der Waals surface area contributed by atoms with Gasteiger partial charge >= 0.3 is 0 Å². The van der Waals surface area contributed by atoms with Gasteiger partial charge in [0.05, 0.1) is 14.2 Å². The second-order valence-electron chi connectivity index (χ2n) is 7.39. The largest absolute Gasteiger partial charge is 0.497 e. The molecule has 2 aromatic rings. The first-order chi connectivity index (χ1) is 13.9. The number of hydrogen-bond donors (Lipinski definition) is 1. The van der Waals surface area contributed by atoms with Gasteiger partial charge in [-0.1, -0.05) is 6.07 Å². The van der Waals surface area contributed by atoms with E-state index in [1.165, 1.54) is 26.4 Å². The third kappa shape index (κ3) is 4.03. The van der Waals surface area contributed by atoms with E-state index in [0.717, 1.165) is 36.9 Å². The van der Waals surface area contributed by atoms with Gasteiger partial charge in [-0.05, 0) is 54.7 Å². The third-order valence-corrected chi connectivity index (χ3v) is 6.79. The number of anilines is 1. The number of carbonyl (C=O) groups excluding carboxylic acids is 1. The SMILES string of the molecule is COc1ccc(S(=O)(=O)Nc2ccc3c(c2)CN(C(=O)C2CC2)CC3)c(OC)c1. The molecule has 29 heavy (non-hydrogen) atoms. The number of carbonyl (C=O) groups is 1. The van der Waals surface area contributed by atoms with Gasteiger partial charge in [0, 0.05) is 30.8 Å². The summed E-state index contributed by atoms with van der Waals surface area (Å²) in [6.07, 6.45) is 2.74. The van der Waals surface area contributed by atoms with E-state index < -0.39 is 10.0 Å². The first kappa shape index (κ1) is 19.6. The monoisotopic (exact) mass is 416 g/mol. The van der Waals surface area contributed by atoms with E-state index in [1.54, 1.807) is 12.1 Å². The standard InChI is InChI=1S/C21H24N2O5S/c1-27-18-7-8-20(19(12-18)28-2)29(25,26)22-17-6-5-14-9-10-23(13-16(14)11-17)21(24)15-3-4-15/h5-8,11-12,15,22H,3-4,9-10,13H2,1-2H3. The van der Waals surface area contributed by atoms with Crippen LogP contribution in [0, 0.1) is 5.92 Å². The molecular formula is C21H24N2O5S. The fourth-order valence-electron chi connectivity index (χ4n) is 3.60. The van der Waals surface area contributed by atoms with E-state index in [4.69, 9.17) is 9.47 Å². The first-order valence-electron chi connectivity index (χ1n) is 9.56. The zero-order valence-electron chi connectivity index (χ0n) is 16.5. The van der Waals surface area contributed by atoms with Crippen LogP contribution >= 0.6 is 0 Å². The molecule has 4 rings (SSSR count). The molecule has 1 N–H and O–H groups in total. The summed E-state index contributed by atoms with van der Waals surface area (Å²) in [5, 5.41) is 0. The second kappa shape index (κ2) is 7.59. The Morgan fingerprint density at radius 1 is 1.07 bits per heavy atom. The number of nitrogens with one attached hydrogen (secondary N) is 1. The highest BCUT2D eigenvalue weighted by atomic mass is 32.2. The van der Waals surface area contributed by atoms with Crippen LogP contribution in [0.1, 0.15) is 24.0 Å². The van der Waals surface area contributed by atoms with E-state index in [2.05, 4.69) is 4.72 Å². The fourth-order valence-corrected chi connectivity index (χ4v) is 4.81. The van der Waals surface area contributed by atoms with Gasteiger partial charge in [0.15, 0.2) is 0 Å². The summed E-state index contributed by atoms with van der Waals surface area (Å²) in [7, 11) is -0.932. The smallest absolute Gasteiger partial charge is 0.265 e. The van der Waals surface area contributed by atoms with Crippen molar-refractivity contribution in [3.05, 3.63) is 47.5 Å². The lowest BCUT2D eigenvalue weighted by Crippen LogP contribution is -2.36. The first-order valence-corrected chi connectivity index (χ1v) is 11.0. The Morgan fingerprint density at radius 3 is 2.55 bits per heavy atom. The van der Waals surface area contributed by atoms with E-state index >= 15 is 0 Å². The summed E-state index contributed by atoms with van der Waals surface area (Å²) in [4.78, 5) is 14.3. The van der Waals surface area contributed by atoms with E-state index in [9.17, 15) is 13.2 Å². The minimum atomic E-state index is -3.85. The molecule has 2 aliphatic rings. The summed E-state index contributed by atoms with van der Waals surface area (Å²) < 4.78 is 38.8. The van der Waals surface area contributed by atoms with Gasteiger partial charge in [0.25, 0.3) is 10.0 Å². The van der Waals surface area contributed by atoms with E-state index in [-0.39, 0.29) is 22.5 Å². The van der Waals surface area contributed by atoms with Gasteiger partial charge in [-0.25, -0.2) is 8.42 Å². The molecular weight excluding hydrogens is 392 g/mol. The maximum atomic E-state index is 12.9. The molecule has 1 saturated carbocycles. The molecule has 0 atom stereocenters. The van der Waals surface area contributed by atoms with Gasteiger partial charge in [-0.15, -0.1) is 0 Å². The predicted molar refractivity (Wildman–Crippen MR) is 109 cm³/mol. The molecule has 1 aliphatic carbocycles. The lowest BCUT2D eigenvalue weighted by molar-refractivity contribution is -0.133. The summed E-state index contributed by atoms with van der Waals surface area (Å²) in [5.41, 5.74) is 2.59. The van der Waals surface area contributed by atoms with Crippen LogP contribution in [0.15, 0.2) is 41.3 Å². The zero-order chi connectivity index (χ0) is 20.6. The minimum absolute atomic E-state index is 0.0315. The second-order valence-corrected chi connectivity index (χ2v) is 9.04. The average molecular weight is 416 g/mol. The summed E-state index contributed by atoms with van der Waals surface area (Å²) in [5.74, 6) is 1.11. The number of ether oxygens (including phenoxy) is 2. The van der Waals surface area contributed by atoms with Crippen molar-refractivity contribution in [3.63, 3.8) is 0 Å². The minimum Gasteiger partial charge on any atom is -0.497 e. The van der Waals surface area contributed by atoms with Crippen molar-refractivity contribution in [2.45, 2.75) is 30.7 Å². The molecule has 0 bridgehead atoms. The van der Waals surface area contributed by atoms with Crippen LogP contribution < -0.4 is 14.2 Å². The topological polar surface area (TPSA) is 84.9 Å². The molecule has 8 heteroatoms. The van der Waals surface area contributed by atoms with Crippen LogP contribution in [-0.2, 0) is 27.8 Å². The number of methoxy groups -OCH3 is 2. The number of amides is 1. The number of hydrogen-bond acceptors (Lipinski definition) is 5. The lowest BCUT2D eigenvalue weighted by atomic mass is 9.99. The Kier molecular flexibility index (Phi) is 5.12. The van der Waals surface area contributed by atoms with E-state index in [1.807, 2.05) is 17.0 Å². The van der Waals surface area contributed by atoms with Crippen molar-refractivity contribution in [3.8, 4) is 11.5 Å². The van der Waals surface area contributed by atoms with Crippen LogP contribution in [0.5, 0.6) is 11.5 Å². The Hall–Kier alpha value is -2.74. The van der Waals surface area contributed by atoms with Crippen molar-refractivity contribution < 1.29 is 22.7 Å². The molecule has 1 fully saturated rings. The summed E-state index contributed by atoms with van der Waals surface area (Å²) in [6, 6.07) is 10.1. The average Bonchev–Trinajstić information content (AvgIpc) is 3.57. The number of fused-ring (bicyclic) bond motifs is 1. The molecule has 0 radical (unpaired) electrons. The van der Waals surface area contributed by atoms with Gasteiger partial charge < -0.3 is 14.4 Å². The van der Waals surface area contributed by atoms with Crippen LogP contribution in [0.3, 0.4) is 0 Å². The highest BCUT2D eigenvalue weighted by Crippen LogP contribution is 2.34. The van der Waals surface area contributed by atoms with Crippen molar-refractivity contribution in [1.29, 1.82) is 0 Å². The van der Waals surface area contributed by atoms with Crippen molar-refractivity contribution in [2.24, 2.45) is 5.92 Å². The number of sulfonamides is 1. The molecule has 2 aromatic carbocycles. The lowest BCUT2D eigenvalue weighted by Gasteiger charge is -2.29. The highest BCUT2D eigenvalue weighted by molar-refractivity contribution is 7.92. The van der Waals surface area contributed by atoms with Crippen molar-refractivity contribution in [1.82, 2.24) is 4.90 Å². The molecule has 0 aromatic heterocycles. The number of nitrogens with zero attached hydrogens (tertiary/aromatic N) is 1. The van der Waals surface area contributed by atoms with Crippen LogP contribution in [0.2, 0.25) is 0 Å². The molecule has 1 aliphatic heterocycles. The number of rotatable bonds is 6. The molecule has 0 spiro atoms. The Labute approximate surface area is 170 Å². The Bertz CT molecular complexity index is 1050. The van der Waals surface area contributed by atoms with Crippen molar-refractivity contribution >= 4 is 21.6 Å². The molecule has 154 valence electrons. The number of benzene rings is 2. The molecule has 7 nitrogen and oxygen atoms in total. The third-order valence-electron chi connectivity index (χ3n) is 5.37. The van der Waals surface area contributed by atoms with Crippen LogP contribution in [0.25, 0.3) is 0 Å². The normalized spacial score (nSPS) is 16.1. The van der Waals surface area contributed by atoms with E-state index in [0.29, 0.717) is 18.0 Å². The maximum absolute atomic E-state index is 12.9. The molecule has 0 unspecified atom stereocenters. The van der Waals surface area contributed by atoms with Gasteiger partial charge in [-0.2, -0.15) is 0 Å². The zero-order valence-corrected chi connectivity index (χ0v) is 17.3. The molecule has 1 amide bonds. The Morgan fingerprint density at radius 2 is 1.86 bits per heavy atom. The molecule has 1 heterocycles. The fraction of sp³-hybridized carbons (Fsp3) is 0.381. The van der Waals surface area contributed by atoms with Gasteiger partial charge in [-0.3, -0.25) is 9.52 Å². The van der Waals surface area contributed by atoms with Crippen LogP contribution in [0.4, 0.5) is 5.69 Å². The maximum Gasteiger partial charge on any atom is 0.265 e. The quantitative estimate of drug-likeness (QED) is 0.783. The van der Waals surface area contributed by atoms with Crippen LogP contribution in [-0.4, -0.2) is 40.0 Å². The Balaban J connectivity index is 1.57. The predicted octanol–water partition coefficient (Wildman–Crippen LogP) is 2.80. The van der Waals surface area contributed by atoms with Gasteiger partial charge in [0.2, 0.25) is 5.91 Å².